The predicted octanol–water partition coefficient (Wildman–Crippen LogP) is 3.45. The Labute approximate surface area is 128 Å². The maximum absolute atomic E-state index is 12.4. The Kier molecular flexibility index (Phi) is 3.68. The van der Waals surface area contributed by atoms with Crippen LogP contribution in [0.5, 0.6) is 0 Å². The van der Waals surface area contributed by atoms with E-state index in [4.69, 9.17) is 4.52 Å². The third-order valence-corrected chi connectivity index (χ3v) is 4.56. The number of sulfonamides is 1. The highest BCUT2D eigenvalue weighted by atomic mass is 32.2. The zero-order chi connectivity index (χ0) is 15.6. The van der Waals surface area contributed by atoms with Crippen molar-refractivity contribution in [1.82, 2.24) is 5.16 Å². The number of aromatic nitrogens is 1. The molecule has 0 radical (unpaired) electrons. The van der Waals surface area contributed by atoms with Crippen molar-refractivity contribution in [3.05, 3.63) is 66.4 Å². The summed E-state index contributed by atoms with van der Waals surface area (Å²) in [5.74, 6) is 0.740. The third kappa shape index (κ3) is 2.73. The third-order valence-electron chi connectivity index (χ3n) is 3.21. The number of rotatable bonds is 4. The second-order valence-corrected chi connectivity index (χ2v) is 6.43. The van der Waals surface area contributed by atoms with E-state index >= 15 is 0 Å². The number of hydrogen-bond donors (Lipinski definition) is 1. The summed E-state index contributed by atoms with van der Waals surface area (Å²) < 4.78 is 32.4. The maximum atomic E-state index is 12.4. The minimum Gasteiger partial charge on any atom is -0.359 e. The molecule has 0 aliphatic carbocycles. The molecule has 1 heterocycles. The van der Waals surface area contributed by atoms with Gasteiger partial charge in [-0.25, -0.2) is 8.42 Å². The summed E-state index contributed by atoms with van der Waals surface area (Å²) in [7, 11) is -3.70. The molecule has 0 bridgehead atoms. The lowest BCUT2D eigenvalue weighted by molar-refractivity contribution is 0.401. The summed E-state index contributed by atoms with van der Waals surface area (Å²) in [4.78, 5) is 0.176. The van der Waals surface area contributed by atoms with Gasteiger partial charge in [-0.05, 0) is 24.6 Å². The Morgan fingerprint density at radius 1 is 0.955 bits per heavy atom. The first kappa shape index (κ1) is 14.3. The van der Waals surface area contributed by atoms with E-state index in [1.54, 1.807) is 25.1 Å². The van der Waals surface area contributed by atoms with Gasteiger partial charge in [-0.3, -0.25) is 4.72 Å². The van der Waals surface area contributed by atoms with Gasteiger partial charge in [0.2, 0.25) is 0 Å². The van der Waals surface area contributed by atoms with E-state index in [-0.39, 0.29) is 10.7 Å². The van der Waals surface area contributed by atoms with E-state index in [1.807, 2.05) is 30.3 Å². The number of benzene rings is 2. The number of nitrogens with one attached hydrogen (secondary N) is 1. The van der Waals surface area contributed by atoms with Crippen LogP contribution in [0.15, 0.2) is 70.1 Å². The fourth-order valence-electron chi connectivity index (χ4n) is 2.17. The monoisotopic (exact) mass is 314 g/mol. The molecule has 0 unspecified atom stereocenters. The standard InChI is InChI=1S/C16H14N2O3S/c1-12-15(13-8-4-2-5-9-13)16(17-21-12)18-22(19,20)14-10-6-3-7-11-14/h2-11H,1H3,(H,17,18). The fourth-order valence-corrected chi connectivity index (χ4v) is 3.20. The van der Waals surface area contributed by atoms with Gasteiger partial charge in [-0.1, -0.05) is 53.7 Å². The van der Waals surface area contributed by atoms with Gasteiger partial charge in [0.25, 0.3) is 10.0 Å². The summed E-state index contributed by atoms with van der Waals surface area (Å²) in [6.07, 6.45) is 0. The Bertz CT molecular complexity index is 872. The summed E-state index contributed by atoms with van der Waals surface area (Å²) in [5, 5.41) is 3.84. The highest BCUT2D eigenvalue weighted by molar-refractivity contribution is 7.92. The quantitative estimate of drug-likeness (QED) is 0.800. The van der Waals surface area contributed by atoms with Crippen molar-refractivity contribution in [2.24, 2.45) is 0 Å². The van der Waals surface area contributed by atoms with Gasteiger partial charge in [0, 0.05) is 0 Å². The molecule has 22 heavy (non-hydrogen) atoms. The first-order valence-corrected chi connectivity index (χ1v) is 8.16. The van der Waals surface area contributed by atoms with Crippen LogP contribution in [-0.4, -0.2) is 13.6 Å². The van der Waals surface area contributed by atoms with Gasteiger partial charge in [-0.2, -0.15) is 0 Å². The molecule has 1 N–H and O–H groups in total. The Morgan fingerprint density at radius 3 is 2.18 bits per heavy atom. The van der Waals surface area contributed by atoms with Gasteiger partial charge in [0.05, 0.1) is 10.5 Å². The second kappa shape index (κ2) is 5.65. The van der Waals surface area contributed by atoms with Gasteiger partial charge >= 0.3 is 0 Å². The van der Waals surface area contributed by atoms with Gasteiger partial charge < -0.3 is 4.52 Å². The van der Waals surface area contributed by atoms with Crippen LogP contribution in [0.3, 0.4) is 0 Å². The first-order valence-electron chi connectivity index (χ1n) is 6.67. The minimum atomic E-state index is -3.70. The van der Waals surface area contributed by atoms with Crippen molar-refractivity contribution in [3.8, 4) is 11.1 Å². The van der Waals surface area contributed by atoms with Crippen molar-refractivity contribution >= 4 is 15.8 Å². The lowest BCUT2D eigenvalue weighted by atomic mass is 10.1. The van der Waals surface area contributed by atoms with Gasteiger partial charge in [0.1, 0.15) is 5.76 Å². The molecule has 5 nitrogen and oxygen atoms in total. The van der Waals surface area contributed by atoms with Crippen LogP contribution in [-0.2, 0) is 10.0 Å². The fraction of sp³-hybridized carbons (Fsp3) is 0.0625. The molecule has 0 fully saturated rings. The lowest BCUT2D eigenvalue weighted by Gasteiger charge is -2.07. The largest absolute Gasteiger partial charge is 0.359 e. The van der Waals surface area contributed by atoms with Crippen molar-refractivity contribution in [2.75, 3.05) is 4.72 Å². The highest BCUT2D eigenvalue weighted by Gasteiger charge is 2.21. The first-order chi connectivity index (χ1) is 10.6. The molecule has 0 saturated carbocycles. The SMILES string of the molecule is Cc1onc(NS(=O)(=O)c2ccccc2)c1-c1ccccc1. The number of aryl methyl sites for hydroxylation is 1. The minimum absolute atomic E-state index is 0.176. The highest BCUT2D eigenvalue weighted by Crippen LogP contribution is 2.32. The van der Waals surface area contributed by atoms with E-state index in [0.717, 1.165) is 5.56 Å². The smallest absolute Gasteiger partial charge is 0.263 e. The average Bonchev–Trinajstić information content (AvgIpc) is 2.89. The molecule has 0 spiro atoms. The van der Waals surface area contributed by atoms with E-state index < -0.39 is 10.0 Å². The Hall–Kier alpha value is -2.60. The van der Waals surface area contributed by atoms with Crippen LogP contribution in [0.4, 0.5) is 5.82 Å². The van der Waals surface area contributed by atoms with E-state index in [0.29, 0.717) is 11.3 Å². The van der Waals surface area contributed by atoms with Crippen LogP contribution in [0.1, 0.15) is 5.76 Å². The predicted molar refractivity (Wildman–Crippen MR) is 83.9 cm³/mol. The molecule has 0 amide bonds. The zero-order valence-electron chi connectivity index (χ0n) is 11.9. The molecule has 0 saturated heterocycles. The molecule has 0 aliphatic heterocycles. The average molecular weight is 314 g/mol. The van der Waals surface area contributed by atoms with Crippen LogP contribution < -0.4 is 4.72 Å². The lowest BCUT2D eigenvalue weighted by Crippen LogP contribution is -2.13. The number of hydrogen-bond acceptors (Lipinski definition) is 4. The van der Waals surface area contributed by atoms with E-state index in [1.165, 1.54) is 12.1 Å². The molecular weight excluding hydrogens is 300 g/mol. The van der Waals surface area contributed by atoms with Gasteiger partial charge in [-0.15, -0.1) is 0 Å². The molecule has 1 aromatic heterocycles. The number of anilines is 1. The molecule has 3 rings (SSSR count). The van der Waals surface area contributed by atoms with Crippen LogP contribution >= 0.6 is 0 Å². The Morgan fingerprint density at radius 2 is 1.55 bits per heavy atom. The summed E-state index contributed by atoms with van der Waals surface area (Å²) in [6, 6.07) is 17.5. The van der Waals surface area contributed by atoms with Crippen LogP contribution in [0.25, 0.3) is 11.1 Å². The van der Waals surface area contributed by atoms with Crippen molar-refractivity contribution in [2.45, 2.75) is 11.8 Å². The van der Waals surface area contributed by atoms with E-state index in [9.17, 15) is 8.42 Å². The van der Waals surface area contributed by atoms with Crippen LogP contribution in [0.2, 0.25) is 0 Å². The summed E-state index contributed by atoms with van der Waals surface area (Å²) in [6.45, 7) is 1.75. The molecule has 0 aliphatic rings. The molecule has 3 aromatic rings. The van der Waals surface area contributed by atoms with Crippen molar-refractivity contribution < 1.29 is 12.9 Å². The van der Waals surface area contributed by atoms with E-state index in [2.05, 4.69) is 9.88 Å². The molecular formula is C16H14N2O3S. The summed E-state index contributed by atoms with van der Waals surface area (Å²) in [5.41, 5.74) is 1.48. The normalized spacial score (nSPS) is 11.3. The van der Waals surface area contributed by atoms with Gasteiger partial charge in [0.15, 0.2) is 5.82 Å². The van der Waals surface area contributed by atoms with Crippen LogP contribution in [0, 0.1) is 6.92 Å². The van der Waals surface area contributed by atoms with Crippen molar-refractivity contribution in [1.29, 1.82) is 0 Å². The Balaban J connectivity index is 2.01. The molecule has 2 aromatic carbocycles. The second-order valence-electron chi connectivity index (χ2n) is 4.75. The zero-order valence-corrected chi connectivity index (χ0v) is 12.7. The van der Waals surface area contributed by atoms with Crippen molar-refractivity contribution in [3.63, 3.8) is 0 Å². The molecule has 0 atom stereocenters. The number of nitrogens with zero attached hydrogens (tertiary/aromatic N) is 1. The summed E-state index contributed by atoms with van der Waals surface area (Å²) >= 11 is 0. The maximum Gasteiger partial charge on any atom is 0.263 e. The molecule has 112 valence electrons. The topological polar surface area (TPSA) is 72.2 Å². The molecule has 6 heteroatoms.